The molecule has 2 unspecified atom stereocenters. The first-order chi connectivity index (χ1) is 7.97. The molecule has 0 bridgehead atoms. The third kappa shape index (κ3) is 7.70. The van der Waals surface area contributed by atoms with Crippen molar-refractivity contribution in [1.29, 1.82) is 0 Å². The summed E-state index contributed by atoms with van der Waals surface area (Å²) in [5, 5.41) is 6.75. The fourth-order valence-electron chi connectivity index (χ4n) is 1.96. The standard InChI is InChI=1S/C11H24N2O3S/c1-10(8-11-9-16-6-5-13-11)12-4-3-7-17(2,14)15/h10-13H,3-9H2,1-2H3. The van der Waals surface area contributed by atoms with Crippen LogP contribution in [0.3, 0.4) is 0 Å². The van der Waals surface area contributed by atoms with E-state index in [2.05, 4.69) is 17.6 Å². The first-order valence-electron chi connectivity index (χ1n) is 6.19. The van der Waals surface area contributed by atoms with E-state index in [0.717, 1.165) is 32.7 Å². The van der Waals surface area contributed by atoms with Gasteiger partial charge in [-0.05, 0) is 26.3 Å². The third-order valence-electron chi connectivity index (χ3n) is 2.82. The van der Waals surface area contributed by atoms with Crippen LogP contribution < -0.4 is 10.6 Å². The third-order valence-corrected chi connectivity index (χ3v) is 3.85. The van der Waals surface area contributed by atoms with Crippen LogP contribution in [0.4, 0.5) is 0 Å². The van der Waals surface area contributed by atoms with Gasteiger partial charge in [-0.25, -0.2) is 8.42 Å². The maximum atomic E-state index is 10.9. The fraction of sp³-hybridized carbons (Fsp3) is 1.00. The van der Waals surface area contributed by atoms with E-state index in [-0.39, 0.29) is 5.75 Å². The monoisotopic (exact) mass is 264 g/mol. The van der Waals surface area contributed by atoms with Crippen molar-refractivity contribution in [2.24, 2.45) is 0 Å². The first-order valence-corrected chi connectivity index (χ1v) is 8.25. The zero-order valence-electron chi connectivity index (χ0n) is 10.7. The Morgan fingerprint density at radius 3 is 2.88 bits per heavy atom. The highest BCUT2D eigenvalue weighted by Gasteiger charge is 2.15. The topological polar surface area (TPSA) is 67.4 Å². The van der Waals surface area contributed by atoms with Gasteiger partial charge in [0.1, 0.15) is 9.84 Å². The second-order valence-electron chi connectivity index (χ2n) is 4.80. The van der Waals surface area contributed by atoms with Gasteiger partial charge in [0.15, 0.2) is 0 Å². The van der Waals surface area contributed by atoms with E-state index in [0.29, 0.717) is 18.5 Å². The second kappa shape index (κ2) is 7.31. The van der Waals surface area contributed by atoms with Gasteiger partial charge in [0.25, 0.3) is 0 Å². The molecule has 17 heavy (non-hydrogen) atoms. The second-order valence-corrected chi connectivity index (χ2v) is 7.06. The van der Waals surface area contributed by atoms with Crippen LogP contribution in [0.2, 0.25) is 0 Å². The van der Waals surface area contributed by atoms with E-state index in [9.17, 15) is 8.42 Å². The van der Waals surface area contributed by atoms with E-state index in [1.807, 2.05) is 0 Å². The summed E-state index contributed by atoms with van der Waals surface area (Å²) in [6.07, 6.45) is 2.97. The minimum absolute atomic E-state index is 0.261. The lowest BCUT2D eigenvalue weighted by molar-refractivity contribution is 0.0713. The Hall–Kier alpha value is -0.170. The van der Waals surface area contributed by atoms with Crippen LogP contribution in [-0.4, -0.2) is 58.8 Å². The van der Waals surface area contributed by atoms with Gasteiger partial charge in [0, 0.05) is 24.9 Å². The van der Waals surface area contributed by atoms with E-state index in [1.165, 1.54) is 6.26 Å². The quantitative estimate of drug-likeness (QED) is 0.622. The molecule has 0 saturated carbocycles. The average molecular weight is 264 g/mol. The van der Waals surface area contributed by atoms with E-state index >= 15 is 0 Å². The molecule has 0 radical (unpaired) electrons. The lowest BCUT2D eigenvalue weighted by Crippen LogP contribution is -2.45. The molecular weight excluding hydrogens is 240 g/mol. The van der Waals surface area contributed by atoms with Crippen LogP contribution in [0.25, 0.3) is 0 Å². The van der Waals surface area contributed by atoms with Crippen LogP contribution >= 0.6 is 0 Å². The van der Waals surface area contributed by atoms with Crippen molar-refractivity contribution in [2.45, 2.75) is 31.8 Å². The van der Waals surface area contributed by atoms with Gasteiger partial charge in [-0.2, -0.15) is 0 Å². The number of nitrogens with one attached hydrogen (secondary N) is 2. The number of hydrogen-bond acceptors (Lipinski definition) is 5. The van der Waals surface area contributed by atoms with E-state index in [1.54, 1.807) is 0 Å². The molecular formula is C11H24N2O3S. The summed E-state index contributed by atoms with van der Waals surface area (Å²) in [4.78, 5) is 0. The number of rotatable bonds is 7. The first kappa shape index (κ1) is 14.9. The molecule has 0 aromatic rings. The zero-order chi connectivity index (χ0) is 12.7. The van der Waals surface area contributed by atoms with Gasteiger partial charge in [-0.3, -0.25) is 0 Å². The summed E-state index contributed by atoms with van der Waals surface area (Å²) in [6, 6.07) is 0.801. The predicted octanol–water partition coefficient (Wildman–Crippen LogP) is -0.222. The number of morpholine rings is 1. The van der Waals surface area contributed by atoms with E-state index < -0.39 is 9.84 Å². The van der Waals surface area contributed by atoms with Gasteiger partial charge in [-0.1, -0.05) is 0 Å². The highest BCUT2D eigenvalue weighted by molar-refractivity contribution is 7.90. The Balaban J connectivity index is 2.06. The van der Waals surface area contributed by atoms with Crippen molar-refractivity contribution in [3.05, 3.63) is 0 Å². The van der Waals surface area contributed by atoms with Gasteiger partial charge in [-0.15, -0.1) is 0 Å². The number of sulfone groups is 1. The van der Waals surface area contributed by atoms with Crippen LogP contribution in [0.15, 0.2) is 0 Å². The van der Waals surface area contributed by atoms with Crippen LogP contribution in [0.5, 0.6) is 0 Å². The highest BCUT2D eigenvalue weighted by atomic mass is 32.2. The smallest absolute Gasteiger partial charge is 0.147 e. The summed E-state index contributed by atoms with van der Waals surface area (Å²) in [5.74, 6) is 0.261. The highest BCUT2D eigenvalue weighted by Crippen LogP contribution is 2.02. The molecule has 1 rings (SSSR count). The molecule has 0 aliphatic carbocycles. The SMILES string of the molecule is CC(CC1COCCN1)NCCCS(C)(=O)=O. The fourth-order valence-corrected chi connectivity index (χ4v) is 2.63. The lowest BCUT2D eigenvalue weighted by Gasteiger charge is -2.26. The van der Waals surface area contributed by atoms with Crippen molar-refractivity contribution < 1.29 is 13.2 Å². The molecule has 0 aromatic heterocycles. The largest absolute Gasteiger partial charge is 0.379 e. The molecule has 1 saturated heterocycles. The minimum Gasteiger partial charge on any atom is -0.379 e. The van der Waals surface area contributed by atoms with Gasteiger partial charge < -0.3 is 15.4 Å². The molecule has 1 aliphatic rings. The average Bonchev–Trinajstić information content (AvgIpc) is 2.25. The molecule has 2 N–H and O–H groups in total. The number of hydrogen-bond donors (Lipinski definition) is 2. The molecule has 0 spiro atoms. The minimum atomic E-state index is -2.82. The van der Waals surface area contributed by atoms with Gasteiger partial charge >= 0.3 is 0 Å². The molecule has 2 atom stereocenters. The molecule has 1 aliphatic heterocycles. The van der Waals surface area contributed by atoms with Crippen molar-refractivity contribution in [3.63, 3.8) is 0 Å². The maximum absolute atomic E-state index is 10.9. The maximum Gasteiger partial charge on any atom is 0.147 e. The summed E-state index contributed by atoms with van der Waals surface area (Å²) < 4.78 is 27.3. The zero-order valence-corrected chi connectivity index (χ0v) is 11.6. The molecule has 102 valence electrons. The van der Waals surface area contributed by atoms with Gasteiger partial charge in [0.2, 0.25) is 0 Å². The van der Waals surface area contributed by atoms with Gasteiger partial charge in [0.05, 0.1) is 19.0 Å². The Bertz CT molecular complexity index is 300. The molecule has 6 heteroatoms. The Morgan fingerprint density at radius 2 is 2.29 bits per heavy atom. The van der Waals surface area contributed by atoms with Crippen LogP contribution in [0, 0.1) is 0 Å². The Kier molecular flexibility index (Phi) is 6.40. The van der Waals surface area contributed by atoms with Crippen molar-refractivity contribution in [1.82, 2.24) is 10.6 Å². The summed E-state index contributed by atoms with van der Waals surface area (Å²) in [5.41, 5.74) is 0. The molecule has 0 aromatic carbocycles. The molecule has 1 heterocycles. The normalized spacial score (nSPS) is 23.5. The summed E-state index contributed by atoms with van der Waals surface area (Å²) in [7, 11) is -2.82. The van der Waals surface area contributed by atoms with Crippen molar-refractivity contribution >= 4 is 9.84 Å². The Labute approximate surface area is 104 Å². The number of ether oxygens (including phenoxy) is 1. The molecule has 1 fully saturated rings. The summed E-state index contributed by atoms with van der Waals surface area (Å²) >= 11 is 0. The molecule has 0 amide bonds. The Morgan fingerprint density at radius 1 is 1.53 bits per heavy atom. The van der Waals surface area contributed by atoms with Crippen molar-refractivity contribution in [2.75, 3.05) is 38.3 Å². The molecule has 5 nitrogen and oxygen atoms in total. The predicted molar refractivity (Wildman–Crippen MR) is 69.0 cm³/mol. The lowest BCUT2D eigenvalue weighted by atomic mass is 10.1. The van der Waals surface area contributed by atoms with Crippen molar-refractivity contribution in [3.8, 4) is 0 Å². The van der Waals surface area contributed by atoms with Crippen LogP contribution in [0.1, 0.15) is 19.8 Å². The van der Waals surface area contributed by atoms with Crippen LogP contribution in [-0.2, 0) is 14.6 Å². The van der Waals surface area contributed by atoms with E-state index in [4.69, 9.17) is 4.74 Å². The summed E-state index contributed by atoms with van der Waals surface area (Å²) in [6.45, 7) is 5.37.